The van der Waals surface area contributed by atoms with E-state index in [4.69, 9.17) is 0 Å². The predicted octanol–water partition coefficient (Wildman–Crippen LogP) is 4.44. The molecule has 1 saturated heterocycles. The number of carbonyl (C=O) groups excluding carboxylic acids is 2. The van der Waals surface area contributed by atoms with E-state index in [1.54, 1.807) is 12.1 Å². The molecule has 0 radical (unpaired) electrons. The van der Waals surface area contributed by atoms with Gasteiger partial charge in [-0.25, -0.2) is 13.1 Å². The van der Waals surface area contributed by atoms with Crippen LogP contribution < -0.4 is 10.2 Å². The van der Waals surface area contributed by atoms with Gasteiger partial charge in [0.2, 0.25) is 21.8 Å². The van der Waals surface area contributed by atoms with Gasteiger partial charge in [-0.1, -0.05) is 66.9 Å². The standard InChI is InChI=1S/C32H36N6O4S/c39-30(23-37-29-16-8-7-15-28(29)34-35-37)38(26-17-19-27(20-18-26)43(41,42)36-21-9-10-22-36)31(24-11-3-1-4-12-24)32(40)33-25-13-5-2-6-14-25/h1,3-4,7-8,11-12,15-20,25,31H,2,5-6,9-10,13-14,21-23H2,(H,33,40)/t31-/m0/s1. The molecule has 10 nitrogen and oxygen atoms in total. The zero-order valence-corrected chi connectivity index (χ0v) is 24.8. The summed E-state index contributed by atoms with van der Waals surface area (Å²) in [6, 6.07) is 21.9. The fourth-order valence-corrected chi connectivity index (χ4v) is 7.63. The Balaban J connectivity index is 1.39. The van der Waals surface area contributed by atoms with Gasteiger partial charge in [0.05, 0.1) is 10.4 Å². The Morgan fingerprint density at radius 1 is 0.860 bits per heavy atom. The van der Waals surface area contributed by atoms with Crippen LogP contribution >= 0.6 is 0 Å². The molecule has 1 N–H and O–H groups in total. The molecule has 4 aromatic rings. The summed E-state index contributed by atoms with van der Waals surface area (Å²) in [6.45, 7) is 0.838. The SMILES string of the molecule is O=C(NC1CCCCC1)[C@H](c1ccccc1)N(C(=O)Cn1nnc2ccccc21)c1ccc(S(=O)(=O)N2CCCC2)cc1. The van der Waals surface area contributed by atoms with Crippen molar-refractivity contribution in [1.29, 1.82) is 0 Å². The summed E-state index contributed by atoms with van der Waals surface area (Å²) >= 11 is 0. The topological polar surface area (TPSA) is 117 Å². The van der Waals surface area contributed by atoms with Gasteiger partial charge < -0.3 is 5.32 Å². The minimum Gasteiger partial charge on any atom is -0.351 e. The zero-order valence-electron chi connectivity index (χ0n) is 24.0. The lowest BCUT2D eigenvalue weighted by atomic mass is 9.94. The first-order chi connectivity index (χ1) is 20.9. The van der Waals surface area contributed by atoms with Gasteiger partial charge in [-0.3, -0.25) is 14.5 Å². The van der Waals surface area contributed by atoms with E-state index in [-0.39, 0.29) is 29.3 Å². The summed E-state index contributed by atoms with van der Waals surface area (Å²) in [5, 5.41) is 11.6. The van der Waals surface area contributed by atoms with Crippen LogP contribution in [0.4, 0.5) is 5.69 Å². The summed E-state index contributed by atoms with van der Waals surface area (Å²) in [4.78, 5) is 30.0. The number of sulfonamides is 1. The van der Waals surface area contributed by atoms with Gasteiger partial charge in [0.15, 0.2) is 0 Å². The van der Waals surface area contributed by atoms with Crippen molar-refractivity contribution in [2.75, 3.05) is 18.0 Å². The second-order valence-corrected chi connectivity index (χ2v) is 13.2. The average molecular weight is 601 g/mol. The number of rotatable bonds is 9. The van der Waals surface area contributed by atoms with Crippen LogP contribution in [0.3, 0.4) is 0 Å². The molecule has 0 bridgehead atoms. The van der Waals surface area contributed by atoms with E-state index in [2.05, 4.69) is 15.6 Å². The summed E-state index contributed by atoms with van der Waals surface area (Å²) in [5.74, 6) is -0.651. The highest BCUT2D eigenvalue weighted by molar-refractivity contribution is 7.89. The third-order valence-electron chi connectivity index (χ3n) is 8.37. The highest BCUT2D eigenvalue weighted by Crippen LogP contribution is 2.31. The van der Waals surface area contributed by atoms with Crippen LogP contribution in [-0.4, -0.2) is 58.7 Å². The second kappa shape index (κ2) is 12.6. The summed E-state index contributed by atoms with van der Waals surface area (Å²) in [7, 11) is -3.65. The number of para-hydroxylation sites is 1. The summed E-state index contributed by atoms with van der Waals surface area (Å²) in [6.07, 6.45) is 6.73. The number of aromatic nitrogens is 3. The Bertz CT molecular complexity index is 1680. The number of anilines is 1. The van der Waals surface area contributed by atoms with E-state index in [1.807, 2.05) is 54.6 Å². The number of amides is 2. The van der Waals surface area contributed by atoms with E-state index in [9.17, 15) is 18.0 Å². The first-order valence-electron chi connectivity index (χ1n) is 15.0. The molecule has 0 unspecified atom stereocenters. The molecule has 224 valence electrons. The second-order valence-electron chi connectivity index (χ2n) is 11.3. The molecule has 2 amide bonds. The molecule has 2 fully saturated rings. The molecule has 11 heteroatoms. The lowest BCUT2D eigenvalue weighted by molar-refractivity contribution is -0.127. The van der Waals surface area contributed by atoms with Crippen molar-refractivity contribution in [2.45, 2.75) is 68.5 Å². The van der Waals surface area contributed by atoms with E-state index < -0.39 is 16.1 Å². The van der Waals surface area contributed by atoms with Gasteiger partial charge in [-0.15, -0.1) is 5.10 Å². The number of hydrogen-bond acceptors (Lipinski definition) is 6. The van der Waals surface area contributed by atoms with Crippen molar-refractivity contribution in [3.05, 3.63) is 84.4 Å². The van der Waals surface area contributed by atoms with Crippen LogP contribution in [0.1, 0.15) is 56.6 Å². The maximum absolute atomic E-state index is 14.3. The molecule has 1 aromatic heterocycles. The van der Waals surface area contributed by atoms with E-state index >= 15 is 0 Å². The molecular formula is C32H36N6O4S. The Labute approximate surface area is 251 Å². The predicted molar refractivity (Wildman–Crippen MR) is 164 cm³/mol. The Hall–Kier alpha value is -4.09. The van der Waals surface area contributed by atoms with Gasteiger partial charge in [-0.2, -0.15) is 4.31 Å². The van der Waals surface area contributed by atoms with Gasteiger partial charge >= 0.3 is 0 Å². The smallest absolute Gasteiger partial charge is 0.249 e. The molecule has 1 aliphatic carbocycles. The average Bonchev–Trinajstić information content (AvgIpc) is 3.72. The van der Waals surface area contributed by atoms with Crippen molar-refractivity contribution < 1.29 is 18.0 Å². The maximum atomic E-state index is 14.3. The molecular weight excluding hydrogens is 564 g/mol. The number of benzene rings is 3. The van der Waals surface area contributed by atoms with Crippen molar-refractivity contribution >= 4 is 38.6 Å². The molecule has 1 aliphatic heterocycles. The Kier molecular flexibility index (Phi) is 8.53. The van der Waals surface area contributed by atoms with Crippen LogP contribution in [-0.2, 0) is 26.2 Å². The number of fused-ring (bicyclic) bond motifs is 1. The lowest BCUT2D eigenvalue weighted by Crippen LogP contribution is -2.48. The van der Waals surface area contributed by atoms with Gasteiger partial charge in [0.1, 0.15) is 18.1 Å². The van der Waals surface area contributed by atoms with E-state index in [1.165, 1.54) is 26.0 Å². The normalized spacial score (nSPS) is 17.1. The van der Waals surface area contributed by atoms with Crippen LogP contribution in [0, 0.1) is 0 Å². The molecule has 0 spiro atoms. The lowest BCUT2D eigenvalue weighted by Gasteiger charge is -2.33. The summed E-state index contributed by atoms with van der Waals surface area (Å²) < 4.78 is 29.5. The van der Waals surface area contributed by atoms with Crippen molar-refractivity contribution in [3.63, 3.8) is 0 Å². The van der Waals surface area contributed by atoms with Crippen LogP contribution in [0.2, 0.25) is 0 Å². The number of carbonyl (C=O) groups is 2. The largest absolute Gasteiger partial charge is 0.351 e. The highest BCUT2D eigenvalue weighted by atomic mass is 32.2. The fourth-order valence-electron chi connectivity index (χ4n) is 6.11. The van der Waals surface area contributed by atoms with Crippen LogP contribution in [0.15, 0.2) is 83.8 Å². The number of nitrogens with one attached hydrogen (secondary N) is 1. The van der Waals surface area contributed by atoms with Crippen molar-refractivity contribution in [3.8, 4) is 0 Å². The van der Waals surface area contributed by atoms with E-state index in [0.29, 0.717) is 35.4 Å². The van der Waals surface area contributed by atoms with Crippen LogP contribution in [0.25, 0.3) is 11.0 Å². The number of hydrogen-bond donors (Lipinski definition) is 1. The quantitative estimate of drug-likeness (QED) is 0.304. The molecule has 2 aliphatic rings. The third kappa shape index (κ3) is 6.18. The van der Waals surface area contributed by atoms with Gasteiger partial charge in [-0.05, 0) is 67.6 Å². The van der Waals surface area contributed by atoms with Gasteiger partial charge in [0.25, 0.3) is 0 Å². The maximum Gasteiger partial charge on any atom is 0.249 e. The molecule has 2 heterocycles. The molecule has 43 heavy (non-hydrogen) atoms. The molecule has 3 aromatic carbocycles. The monoisotopic (exact) mass is 600 g/mol. The van der Waals surface area contributed by atoms with Gasteiger partial charge in [0, 0.05) is 24.8 Å². The first kappa shape index (κ1) is 29.0. The fraction of sp³-hybridized carbons (Fsp3) is 0.375. The Morgan fingerprint density at radius 3 is 2.26 bits per heavy atom. The van der Waals surface area contributed by atoms with Crippen molar-refractivity contribution in [1.82, 2.24) is 24.6 Å². The zero-order chi connectivity index (χ0) is 29.8. The Morgan fingerprint density at radius 2 is 1.53 bits per heavy atom. The van der Waals surface area contributed by atoms with Crippen molar-refractivity contribution in [2.24, 2.45) is 0 Å². The minimum absolute atomic E-state index is 0.0386. The summed E-state index contributed by atoms with van der Waals surface area (Å²) in [5.41, 5.74) is 2.43. The highest BCUT2D eigenvalue weighted by Gasteiger charge is 2.35. The molecule has 6 rings (SSSR count). The molecule has 1 saturated carbocycles. The van der Waals surface area contributed by atoms with E-state index in [0.717, 1.165) is 44.9 Å². The third-order valence-corrected chi connectivity index (χ3v) is 10.3. The number of nitrogens with zero attached hydrogens (tertiary/aromatic N) is 5. The minimum atomic E-state index is -3.65. The first-order valence-corrected chi connectivity index (χ1v) is 16.4. The van der Waals surface area contributed by atoms with Crippen LogP contribution in [0.5, 0.6) is 0 Å². The molecule has 1 atom stereocenters.